The van der Waals surface area contributed by atoms with Gasteiger partial charge in [-0.15, -0.1) is 0 Å². The quantitative estimate of drug-likeness (QED) is 0.736. The Kier molecular flexibility index (Phi) is 6.65. The van der Waals surface area contributed by atoms with Gasteiger partial charge < -0.3 is 20.1 Å². The molecule has 0 atom stereocenters. The van der Waals surface area contributed by atoms with Crippen LogP contribution in [-0.4, -0.2) is 32.6 Å². The van der Waals surface area contributed by atoms with Crippen LogP contribution in [0.2, 0.25) is 5.02 Å². The van der Waals surface area contributed by atoms with Crippen LogP contribution in [0.1, 0.15) is 16.8 Å². The molecule has 0 saturated carbocycles. The molecule has 2 aromatic carbocycles. The number of ether oxygens (including phenoxy) is 2. The first-order valence-electron chi connectivity index (χ1n) is 7.59. The molecule has 0 aliphatic heterocycles. The van der Waals surface area contributed by atoms with E-state index in [0.717, 1.165) is 5.69 Å². The third kappa shape index (κ3) is 5.39. The Bertz CT molecular complexity index is 747. The number of benzene rings is 2. The number of halogens is 1. The number of rotatable bonds is 7. The van der Waals surface area contributed by atoms with E-state index >= 15 is 0 Å². The van der Waals surface area contributed by atoms with Crippen molar-refractivity contribution in [3.05, 3.63) is 53.1 Å². The Balaban J connectivity index is 1.84. The smallest absolute Gasteiger partial charge is 0.337 e. The van der Waals surface area contributed by atoms with Gasteiger partial charge in [-0.05, 0) is 42.5 Å². The summed E-state index contributed by atoms with van der Waals surface area (Å²) >= 11 is 5.94. The van der Waals surface area contributed by atoms with Crippen molar-refractivity contribution in [3.8, 4) is 5.75 Å². The summed E-state index contributed by atoms with van der Waals surface area (Å²) < 4.78 is 9.83. The van der Waals surface area contributed by atoms with Gasteiger partial charge in [-0.2, -0.15) is 0 Å². The number of nitrogens with one attached hydrogen (secondary N) is 2. The first kappa shape index (κ1) is 18.6. The first-order chi connectivity index (χ1) is 12.0. The van der Waals surface area contributed by atoms with Crippen molar-refractivity contribution in [1.29, 1.82) is 0 Å². The Morgan fingerprint density at radius 1 is 1.08 bits per heavy atom. The topological polar surface area (TPSA) is 76.7 Å². The van der Waals surface area contributed by atoms with Crippen LogP contribution in [-0.2, 0) is 9.53 Å². The number of methoxy groups -OCH3 is 2. The van der Waals surface area contributed by atoms with Gasteiger partial charge >= 0.3 is 5.97 Å². The van der Waals surface area contributed by atoms with Crippen LogP contribution < -0.4 is 15.4 Å². The van der Waals surface area contributed by atoms with Crippen LogP contribution in [0.15, 0.2) is 42.5 Å². The number of carbonyl (C=O) groups excluding carboxylic acids is 2. The molecule has 2 N–H and O–H groups in total. The molecule has 0 fully saturated rings. The highest BCUT2D eigenvalue weighted by atomic mass is 35.5. The zero-order valence-electron chi connectivity index (χ0n) is 14.0. The van der Waals surface area contributed by atoms with E-state index in [0.29, 0.717) is 28.6 Å². The average molecular weight is 363 g/mol. The summed E-state index contributed by atoms with van der Waals surface area (Å²) in [4.78, 5) is 23.4. The van der Waals surface area contributed by atoms with Crippen LogP contribution in [0, 0.1) is 0 Å². The van der Waals surface area contributed by atoms with Gasteiger partial charge in [-0.1, -0.05) is 11.6 Å². The highest BCUT2D eigenvalue weighted by Crippen LogP contribution is 2.27. The number of hydrogen-bond acceptors (Lipinski definition) is 5. The molecule has 0 aliphatic rings. The molecule has 2 aromatic rings. The van der Waals surface area contributed by atoms with E-state index in [4.69, 9.17) is 16.3 Å². The molecule has 0 aromatic heterocycles. The fourth-order valence-electron chi connectivity index (χ4n) is 2.15. The standard InChI is InChI=1S/C18H19ClN2O4/c1-24-16-8-5-13(19)11-15(16)21-17(22)9-10-20-14-6-3-12(4-7-14)18(23)25-2/h3-8,11,20H,9-10H2,1-2H3,(H,21,22). The molecule has 0 bridgehead atoms. The molecule has 0 radical (unpaired) electrons. The lowest BCUT2D eigenvalue weighted by atomic mass is 10.2. The number of hydrogen-bond donors (Lipinski definition) is 2. The number of amides is 1. The zero-order valence-corrected chi connectivity index (χ0v) is 14.7. The second-order valence-corrected chi connectivity index (χ2v) is 5.57. The maximum absolute atomic E-state index is 12.1. The maximum atomic E-state index is 12.1. The van der Waals surface area contributed by atoms with Crippen molar-refractivity contribution in [2.75, 3.05) is 31.4 Å². The van der Waals surface area contributed by atoms with Gasteiger partial charge in [-0.3, -0.25) is 4.79 Å². The van der Waals surface area contributed by atoms with Crippen molar-refractivity contribution in [1.82, 2.24) is 0 Å². The Morgan fingerprint density at radius 2 is 1.80 bits per heavy atom. The van der Waals surface area contributed by atoms with Crippen molar-refractivity contribution in [2.45, 2.75) is 6.42 Å². The molecule has 2 rings (SSSR count). The van der Waals surface area contributed by atoms with Gasteiger partial charge in [0, 0.05) is 23.7 Å². The maximum Gasteiger partial charge on any atom is 0.337 e. The molecule has 6 nitrogen and oxygen atoms in total. The molecule has 0 saturated heterocycles. The van der Waals surface area contributed by atoms with Crippen LogP contribution in [0.3, 0.4) is 0 Å². The molecule has 132 valence electrons. The van der Waals surface area contributed by atoms with Gasteiger partial charge in [-0.25, -0.2) is 4.79 Å². The lowest BCUT2D eigenvalue weighted by Gasteiger charge is -2.11. The van der Waals surface area contributed by atoms with E-state index in [-0.39, 0.29) is 18.3 Å². The van der Waals surface area contributed by atoms with E-state index in [1.54, 1.807) is 42.5 Å². The van der Waals surface area contributed by atoms with Crippen LogP contribution >= 0.6 is 11.6 Å². The molecular formula is C18H19ClN2O4. The van der Waals surface area contributed by atoms with E-state index < -0.39 is 0 Å². The van der Waals surface area contributed by atoms with E-state index in [1.807, 2.05) is 0 Å². The summed E-state index contributed by atoms with van der Waals surface area (Å²) in [6.45, 7) is 0.437. The van der Waals surface area contributed by atoms with Gasteiger partial charge in [0.05, 0.1) is 25.5 Å². The van der Waals surface area contributed by atoms with Crippen LogP contribution in [0.25, 0.3) is 0 Å². The van der Waals surface area contributed by atoms with Crippen molar-refractivity contribution in [3.63, 3.8) is 0 Å². The second kappa shape index (κ2) is 8.94. The van der Waals surface area contributed by atoms with E-state index in [2.05, 4.69) is 15.4 Å². The molecule has 0 spiro atoms. The summed E-state index contributed by atoms with van der Waals surface area (Å²) in [7, 11) is 2.86. The fraction of sp³-hybridized carbons (Fsp3) is 0.222. The number of anilines is 2. The molecule has 0 aliphatic carbocycles. The highest BCUT2D eigenvalue weighted by molar-refractivity contribution is 6.31. The number of esters is 1. The van der Waals surface area contributed by atoms with Crippen LogP contribution in [0.5, 0.6) is 5.75 Å². The molecule has 25 heavy (non-hydrogen) atoms. The third-order valence-corrected chi connectivity index (χ3v) is 3.66. The van der Waals surface area contributed by atoms with Gasteiger partial charge in [0.25, 0.3) is 0 Å². The average Bonchev–Trinajstić information content (AvgIpc) is 2.62. The fourth-order valence-corrected chi connectivity index (χ4v) is 2.33. The van der Waals surface area contributed by atoms with Crippen LogP contribution in [0.4, 0.5) is 11.4 Å². The third-order valence-electron chi connectivity index (χ3n) is 3.42. The molecule has 0 unspecified atom stereocenters. The minimum atomic E-state index is -0.388. The summed E-state index contributed by atoms with van der Waals surface area (Å²) in [5, 5.41) is 6.40. The Labute approximate surface area is 151 Å². The van der Waals surface area contributed by atoms with Crippen molar-refractivity contribution < 1.29 is 19.1 Å². The molecule has 1 amide bonds. The summed E-state index contributed by atoms with van der Waals surface area (Å²) in [6, 6.07) is 11.8. The van der Waals surface area contributed by atoms with Crippen molar-refractivity contribution >= 4 is 34.9 Å². The summed E-state index contributed by atoms with van der Waals surface area (Å²) in [6.07, 6.45) is 0.258. The zero-order chi connectivity index (χ0) is 18.2. The van der Waals surface area contributed by atoms with E-state index in [1.165, 1.54) is 14.2 Å². The Hall–Kier alpha value is -2.73. The first-order valence-corrected chi connectivity index (χ1v) is 7.97. The molecule has 7 heteroatoms. The molecule has 0 heterocycles. The Morgan fingerprint density at radius 3 is 2.44 bits per heavy atom. The SMILES string of the molecule is COC(=O)c1ccc(NCCC(=O)Nc2cc(Cl)ccc2OC)cc1. The monoisotopic (exact) mass is 362 g/mol. The lowest BCUT2D eigenvalue weighted by Crippen LogP contribution is -2.16. The van der Waals surface area contributed by atoms with Gasteiger partial charge in [0.2, 0.25) is 5.91 Å². The second-order valence-electron chi connectivity index (χ2n) is 5.14. The molecular weight excluding hydrogens is 344 g/mol. The van der Waals surface area contributed by atoms with Gasteiger partial charge in [0.15, 0.2) is 0 Å². The predicted octanol–water partition coefficient (Wildman–Crippen LogP) is 3.58. The minimum Gasteiger partial charge on any atom is -0.495 e. The summed E-state index contributed by atoms with van der Waals surface area (Å²) in [5.74, 6) is -0.00949. The number of carbonyl (C=O) groups is 2. The summed E-state index contributed by atoms with van der Waals surface area (Å²) in [5.41, 5.74) is 1.81. The van der Waals surface area contributed by atoms with Crippen molar-refractivity contribution in [2.24, 2.45) is 0 Å². The highest BCUT2D eigenvalue weighted by Gasteiger charge is 2.08. The van der Waals surface area contributed by atoms with Gasteiger partial charge in [0.1, 0.15) is 5.75 Å². The lowest BCUT2D eigenvalue weighted by molar-refractivity contribution is -0.116. The predicted molar refractivity (Wildman–Crippen MR) is 97.5 cm³/mol. The normalized spacial score (nSPS) is 10.0. The van der Waals surface area contributed by atoms with E-state index in [9.17, 15) is 9.59 Å². The largest absolute Gasteiger partial charge is 0.495 e. The minimum absolute atomic E-state index is 0.167.